The molecular weight excluding hydrogens is 224 g/mol. The molecule has 1 amide bonds. The Labute approximate surface area is 99.0 Å². The minimum atomic E-state index is -0.537. The molecule has 1 atom stereocenters. The van der Waals surface area contributed by atoms with Gasteiger partial charge in [0, 0.05) is 25.1 Å². The zero-order valence-electron chi connectivity index (χ0n) is 9.31. The fourth-order valence-corrected chi connectivity index (χ4v) is 2.81. The summed E-state index contributed by atoms with van der Waals surface area (Å²) in [6.07, 6.45) is 0.943. The van der Waals surface area contributed by atoms with Gasteiger partial charge >= 0.3 is 0 Å². The van der Waals surface area contributed by atoms with E-state index in [9.17, 15) is 4.79 Å². The highest BCUT2D eigenvalue weighted by molar-refractivity contribution is 7.10. The number of carbonyl (C=O) groups excluding carboxylic acids is 1. The maximum Gasteiger partial charge on any atom is 0.242 e. The highest BCUT2D eigenvalue weighted by Gasteiger charge is 2.25. The van der Waals surface area contributed by atoms with Crippen molar-refractivity contribution >= 4 is 17.2 Å². The largest absolute Gasteiger partial charge is 0.383 e. The van der Waals surface area contributed by atoms with Crippen LogP contribution >= 0.6 is 11.3 Å². The minimum Gasteiger partial charge on any atom is -0.383 e. The Morgan fingerprint density at radius 3 is 3.31 bits per heavy atom. The molecule has 0 aromatic carbocycles. The highest BCUT2D eigenvalue weighted by atomic mass is 32.1. The van der Waals surface area contributed by atoms with Gasteiger partial charge in [0.1, 0.15) is 6.04 Å². The summed E-state index contributed by atoms with van der Waals surface area (Å²) in [5.41, 5.74) is 7.00. The van der Waals surface area contributed by atoms with Crippen LogP contribution in [0.4, 0.5) is 0 Å². The van der Waals surface area contributed by atoms with Crippen molar-refractivity contribution in [3.8, 4) is 0 Å². The van der Waals surface area contributed by atoms with Crippen molar-refractivity contribution in [3.05, 3.63) is 21.9 Å². The third kappa shape index (κ3) is 2.26. The second-order valence-corrected chi connectivity index (χ2v) is 4.94. The third-order valence-electron chi connectivity index (χ3n) is 2.78. The molecule has 0 saturated carbocycles. The van der Waals surface area contributed by atoms with Crippen LogP contribution in [0.3, 0.4) is 0 Å². The van der Waals surface area contributed by atoms with Crippen LogP contribution in [-0.4, -0.2) is 37.1 Å². The molecule has 1 unspecified atom stereocenters. The number of hydrogen-bond acceptors (Lipinski definition) is 4. The Morgan fingerprint density at radius 2 is 2.56 bits per heavy atom. The summed E-state index contributed by atoms with van der Waals surface area (Å²) in [4.78, 5) is 15.2. The number of nitrogens with zero attached hydrogens (tertiary/aromatic N) is 1. The maximum atomic E-state index is 11.9. The van der Waals surface area contributed by atoms with Crippen molar-refractivity contribution in [2.75, 3.05) is 20.3 Å². The summed E-state index contributed by atoms with van der Waals surface area (Å²) >= 11 is 1.76. The lowest BCUT2D eigenvalue weighted by atomic mass is 10.1. The average molecular weight is 240 g/mol. The number of methoxy groups -OCH3 is 1. The first kappa shape index (κ1) is 11.6. The zero-order chi connectivity index (χ0) is 11.5. The highest BCUT2D eigenvalue weighted by Crippen LogP contribution is 2.24. The van der Waals surface area contributed by atoms with Crippen molar-refractivity contribution in [1.29, 1.82) is 0 Å². The van der Waals surface area contributed by atoms with Crippen LogP contribution in [0.2, 0.25) is 0 Å². The van der Waals surface area contributed by atoms with Gasteiger partial charge in [0.15, 0.2) is 0 Å². The lowest BCUT2D eigenvalue weighted by Crippen LogP contribution is -2.47. The molecule has 1 aliphatic rings. The fraction of sp³-hybridized carbons (Fsp3) is 0.545. The Balaban J connectivity index is 2.00. The molecule has 2 rings (SSSR count). The van der Waals surface area contributed by atoms with Gasteiger partial charge in [-0.25, -0.2) is 0 Å². The lowest BCUT2D eigenvalue weighted by molar-refractivity contribution is -0.134. The number of carbonyl (C=O) groups is 1. The van der Waals surface area contributed by atoms with Crippen LogP contribution in [0, 0.1) is 0 Å². The summed E-state index contributed by atoms with van der Waals surface area (Å²) in [5, 5.41) is 2.08. The van der Waals surface area contributed by atoms with Gasteiger partial charge in [0.25, 0.3) is 0 Å². The molecule has 2 N–H and O–H groups in total. The first-order valence-electron chi connectivity index (χ1n) is 5.31. The molecule has 0 spiro atoms. The van der Waals surface area contributed by atoms with Gasteiger partial charge in [-0.3, -0.25) is 4.79 Å². The monoisotopic (exact) mass is 240 g/mol. The van der Waals surface area contributed by atoms with E-state index in [1.54, 1.807) is 18.4 Å². The second kappa shape index (κ2) is 4.95. The third-order valence-corrected chi connectivity index (χ3v) is 3.81. The van der Waals surface area contributed by atoms with Crippen LogP contribution in [0.5, 0.6) is 0 Å². The predicted octanol–water partition coefficient (Wildman–Crippen LogP) is 0.607. The van der Waals surface area contributed by atoms with Crippen molar-refractivity contribution in [3.63, 3.8) is 0 Å². The molecule has 88 valence electrons. The summed E-state index contributed by atoms with van der Waals surface area (Å²) < 4.78 is 4.90. The predicted molar refractivity (Wildman–Crippen MR) is 63.3 cm³/mol. The summed E-state index contributed by atoms with van der Waals surface area (Å²) in [6.45, 7) is 1.74. The molecule has 1 aromatic heterocycles. The Kier molecular flexibility index (Phi) is 3.58. The van der Waals surface area contributed by atoms with Gasteiger partial charge in [0.2, 0.25) is 5.91 Å². The van der Waals surface area contributed by atoms with E-state index in [1.165, 1.54) is 10.4 Å². The molecule has 1 aliphatic heterocycles. The van der Waals surface area contributed by atoms with E-state index in [0.29, 0.717) is 6.54 Å². The fourth-order valence-electron chi connectivity index (χ4n) is 1.92. The number of fused-ring (bicyclic) bond motifs is 1. The van der Waals surface area contributed by atoms with Crippen LogP contribution < -0.4 is 5.73 Å². The maximum absolute atomic E-state index is 11.9. The minimum absolute atomic E-state index is 0.0151. The Morgan fingerprint density at radius 1 is 1.75 bits per heavy atom. The molecule has 0 bridgehead atoms. The summed E-state index contributed by atoms with van der Waals surface area (Å²) in [5.74, 6) is -0.0151. The molecule has 5 heteroatoms. The normalized spacial score (nSPS) is 17.0. The van der Waals surface area contributed by atoms with E-state index in [-0.39, 0.29) is 12.5 Å². The zero-order valence-corrected chi connectivity index (χ0v) is 10.1. The first-order chi connectivity index (χ1) is 7.72. The number of amides is 1. The molecule has 0 saturated heterocycles. The first-order valence-corrected chi connectivity index (χ1v) is 6.19. The van der Waals surface area contributed by atoms with Crippen LogP contribution in [0.25, 0.3) is 0 Å². The van der Waals surface area contributed by atoms with Gasteiger partial charge in [-0.1, -0.05) is 0 Å². The average Bonchev–Trinajstić information content (AvgIpc) is 2.75. The lowest BCUT2D eigenvalue weighted by Gasteiger charge is -2.29. The number of rotatable bonds is 3. The van der Waals surface area contributed by atoms with Gasteiger partial charge in [0.05, 0.1) is 6.61 Å². The quantitative estimate of drug-likeness (QED) is 0.842. The van der Waals surface area contributed by atoms with E-state index in [0.717, 1.165) is 13.0 Å². The molecular formula is C11H16N2O2S. The van der Waals surface area contributed by atoms with Crippen LogP contribution in [-0.2, 0) is 22.5 Å². The summed E-state index contributed by atoms with van der Waals surface area (Å²) in [6, 6.07) is 1.55. The van der Waals surface area contributed by atoms with Crippen molar-refractivity contribution < 1.29 is 9.53 Å². The van der Waals surface area contributed by atoms with E-state index < -0.39 is 6.04 Å². The topological polar surface area (TPSA) is 55.6 Å². The van der Waals surface area contributed by atoms with Gasteiger partial charge < -0.3 is 15.4 Å². The van der Waals surface area contributed by atoms with Crippen LogP contribution in [0.15, 0.2) is 11.4 Å². The van der Waals surface area contributed by atoms with Crippen molar-refractivity contribution in [1.82, 2.24) is 4.90 Å². The van der Waals surface area contributed by atoms with Crippen molar-refractivity contribution in [2.45, 2.75) is 19.0 Å². The van der Waals surface area contributed by atoms with Gasteiger partial charge in [-0.2, -0.15) is 0 Å². The number of hydrogen-bond donors (Lipinski definition) is 1. The van der Waals surface area contributed by atoms with Crippen LogP contribution in [0.1, 0.15) is 10.4 Å². The molecule has 0 radical (unpaired) electrons. The van der Waals surface area contributed by atoms with E-state index in [2.05, 4.69) is 11.4 Å². The van der Waals surface area contributed by atoms with Gasteiger partial charge in [-0.05, 0) is 23.4 Å². The number of ether oxygens (including phenoxy) is 1. The Hall–Kier alpha value is -0.910. The standard InChI is InChI=1S/C11H16N2O2S/c1-15-7-9(12)11(14)13-4-2-10-8(6-13)3-5-16-10/h3,5,9H,2,4,6-7,12H2,1H3. The molecule has 0 aliphatic carbocycles. The van der Waals surface area contributed by atoms with E-state index in [1.807, 2.05) is 4.90 Å². The Bertz CT molecular complexity index is 378. The number of nitrogens with two attached hydrogens (primary N) is 1. The van der Waals surface area contributed by atoms with E-state index >= 15 is 0 Å². The van der Waals surface area contributed by atoms with E-state index in [4.69, 9.17) is 10.5 Å². The molecule has 2 heterocycles. The number of thiophene rings is 1. The van der Waals surface area contributed by atoms with Crippen molar-refractivity contribution in [2.24, 2.45) is 5.73 Å². The molecule has 1 aromatic rings. The molecule has 4 nitrogen and oxygen atoms in total. The molecule has 16 heavy (non-hydrogen) atoms. The smallest absolute Gasteiger partial charge is 0.242 e. The molecule has 0 fully saturated rings. The summed E-state index contributed by atoms with van der Waals surface area (Å²) in [7, 11) is 1.56. The SMILES string of the molecule is COCC(N)C(=O)N1CCc2sccc2C1. The second-order valence-electron chi connectivity index (χ2n) is 3.94. The van der Waals surface area contributed by atoms with Gasteiger partial charge in [-0.15, -0.1) is 11.3 Å².